The standard InChI is InChI=1S/C14H16ClFO4/c1-14(2,3)20-13(19)9(12(17)18)6-8-4-5-10(15)11(16)7-8/h4-5,7,9H,6H2,1-3H3,(H,17,18). The van der Waals surface area contributed by atoms with Crippen molar-refractivity contribution in [1.82, 2.24) is 0 Å². The molecule has 0 amide bonds. The molecule has 110 valence electrons. The molecule has 0 aliphatic rings. The molecule has 0 bridgehead atoms. The lowest BCUT2D eigenvalue weighted by Gasteiger charge is -2.22. The Bertz CT molecular complexity index is 522. The number of rotatable bonds is 4. The minimum Gasteiger partial charge on any atom is -0.481 e. The Kier molecular flexibility index (Phi) is 5.11. The Hall–Kier alpha value is -1.62. The van der Waals surface area contributed by atoms with Gasteiger partial charge in [-0.3, -0.25) is 9.59 Å². The van der Waals surface area contributed by atoms with Crippen molar-refractivity contribution in [2.75, 3.05) is 0 Å². The average molecular weight is 303 g/mol. The second-order valence-corrected chi connectivity index (χ2v) is 5.78. The molecule has 6 heteroatoms. The van der Waals surface area contributed by atoms with E-state index in [-0.39, 0.29) is 11.4 Å². The molecule has 1 N–H and O–H groups in total. The van der Waals surface area contributed by atoms with Crippen LogP contribution in [-0.4, -0.2) is 22.6 Å². The molecule has 0 saturated heterocycles. The third-order valence-corrected chi connectivity index (χ3v) is 2.72. The van der Waals surface area contributed by atoms with Crippen molar-refractivity contribution in [3.05, 3.63) is 34.6 Å². The first-order valence-corrected chi connectivity index (χ1v) is 6.37. The number of carbonyl (C=O) groups excluding carboxylic acids is 1. The lowest BCUT2D eigenvalue weighted by molar-refractivity contribution is -0.166. The number of esters is 1. The number of halogens is 2. The van der Waals surface area contributed by atoms with Crippen molar-refractivity contribution in [1.29, 1.82) is 0 Å². The fourth-order valence-corrected chi connectivity index (χ4v) is 1.66. The third-order valence-electron chi connectivity index (χ3n) is 2.41. The Morgan fingerprint density at radius 3 is 2.45 bits per heavy atom. The fourth-order valence-electron chi connectivity index (χ4n) is 1.55. The molecular formula is C14H16ClFO4. The number of hydrogen-bond acceptors (Lipinski definition) is 3. The van der Waals surface area contributed by atoms with Crippen LogP contribution in [-0.2, 0) is 20.7 Å². The number of carboxylic acid groups (broad SMARTS) is 1. The summed E-state index contributed by atoms with van der Waals surface area (Å²) in [6.45, 7) is 4.93. The van der Waals surface area contributed by atoms with Crippen molar-refractivity contribution >= 4 is 23.5 Å². The highest BCUT2D eigenvalue weighted by Gasteiger charge is 2.31. The van der Waals surface area contributed by atoms with E-state index in [1.54, 1.807) is 20.8 Å². The minimum absolute atomic E-state index is 0.0575. The number of carbonyl (C=O) groups is 2. The van der Waals surface area contributed by atoms with Crippen molar-refractivity contribution in [3.8, 4) is 0 Å². The fraction of sp³-hybridized carbons (Fsp3) is 0.429. The topological polar surface area (TPSA) is 63.6 Å². The van der Waals surface area contributed by atoms with Crippen molar-refractivity contribution < 1.29 is 23.8 Å². The van der Waals surface area contributed by atoms with Crippen LogP contribution in [0.1, 0.15) is 26.3 Å². The van der Waals surface area contributed by atoms with Gasteiger partial charge >= 0.3 is 11.9 Å². The van der Waals surface area contributed by atoms with Gasteiger partial charge in [-0.15, -0.1) is 0 Å². The summed E-state index contributed by atoms with van der Waals surface area (Å²) in [6, 6.07) is 3.91. The largest absolute Gasteiger partial charge is 0.481 e. The van der Waals surface area contributed by atoms with Crippen LogP contribution in [0.5, 0.6) is 0 Å². The first kappa shape index (κ1) is 16.4. The first-order chi connectivity index (χ1) is 9.10. The maximum absolute atomic E-state index is 13.3. The van der Waals surface area contributed by atoms with Gasteiger partial charge in [0.2, 0.25) is 0 Å². The van der Waals surface area contributed by atoms with Crippen molar-refractivity contribution in [2.24, 2.45) is 5.92 Å². The van der Waals surface area contributed by atoms with Gasteiger partial charge in [-0.25, -0.2) is 4.39 Å². The lowest BCUT2D eigenvalue weighted by Crippen LogP contribution is -2.34. The number of aliphatic carboxylic acids is 1. The molecule has 0 aliphatic carbocycles. The molecule has 4 nitrogen and oxygen atoms in total. The number of ether oxygens (including phenoxy) is 1. The van der Waals surface area contributed by atoms with E-state index in [2.05, 4.69) is 0 Å². The molecule has 1 atom stereocenters. The van der Waals surface area contributed by atoms with E-state index in [9.17, 15) is 14.0 Å². The Morgan fingerprint density at radius 2 is 2.00 bits per heavy atom. The Labute approximate surface area is 121 Å². The van der Waals surface area contributed by atoms with Crippen LogP contribution in [0.3, 0.4) is 0 Å². The van der Waals surface area contributed by atoms with Gasteiger partial charge in [-0.05, 0) is 44.9 Å². The molecule has 0 aromatic heterocycles. The van der Waals surface area contributed by atoms with Crippen LogP contribution >= 0.6 is 11.6 Å². The van der Waals surface area contributed by atoms with Gasteiger partial charge in [-0.2, -0.15) is 0 Å². The van der Waals surface area contributed by atoms with Crippen LogP contribution in [0, 0.1) is 11.7 Å². The van der Waals surface area contributed by atoms with Crippen molar-refractivity contribution in [2.45, 2.75) is 32.8 Å². The molecule has 1 aromatic carbocycles. The van der Waals surface area contributed by atoms with E-state index in [0.29, 0.717) is 5.56 Å². The summed E-state index contributed by atoms with van der Waals surface area (Å²) in [6.07, 6.45) is -0.154. The summed E-state index contributed by atoms with van der Waals surface area (Å²) in [5, 5.41) is 9.05. The highest BCUT2D eigenvalue weighted by molar-refractivity contribution is 6.30. The summed E-state index contributed by atoms with van der Waals surface area (Å²) in [5.74, 6) is -4.19. The van der Waals surface area contributed by atoms with Gasteiger partial charge in [0.15, 0.2) is 5.92 Å². The zero-order valence-electron chi connectivity index (χ0n) is 11.4. The quantitative estimate of drug-likeness (QED) is 0.686. The molecular weight excluding hydrogens is 287 g/mol. The number of benzene rings is 1. The van der Waals surface area contributed by atoms with Gasteiger partial charge in [0.1, 0.15) is 11.4 Å². The van der Waals surface area contributed by atoms with E-state index >= 15 is 0 Å². The van der Waals surface area contributed by atoms with Crippen LogP contribution < -0.4 is 0 Å². The van der Waals surface area contributed by atoms with Crippen LogP contribution in [0.2, 0.25) is 5.02 Å². The normalized spacial score (nSPS) is 12.8. The van der Waals surface area contributed by atoms with E-state index in [1.165, 1.54) is 12.1 Å². The summed E-state index contributed by atoms with van der Waals surface area (Å²) in [5.41, 5.74) is -0.416. The predicted octanol–water partition coefficient (Wildman–Crippen LogP) is 3.06. The molecule has 0 radical (unpaired) electrons. The molecule has 0 spiro atoms. The number of carboxylic acids is 1. The van der Waals surface area contributed by atoms with Crippen LogP contribution in [0.15, 0.2) is 18.2 Å². The Morgan fingerprint density at radius 1 is 1.40 bits per heavy atom. The van der Waals surface area contributed by atoms with Gasteiger partial charge in [0.05, 0.1) is 5.02 Å². The zero-order chi connectivity index (χ0) is 15.5. The highest BCUT2D eigenvalue weighted by atomic mass is 35.5. The first-order valence-electron chi connectivity index (χ1n) is 6.00. The van der Waals surface area contributed by atoms with E-state index < -0.39 is 29.3 Å². The third kappa shape index (κ3) is 4.81. The van der Waals surface area contributed by atoms with Crippen LogP contribution in [0.4, 0.5) is 4.39 Å². The summed E-state index contributed by atoms with van der Waals surface area (Å²) in [7, 11) is 0. The molecule has 1 unspecified atom stereocenters. The predicted molar refractivity (Wildman–Crippen MR) is 72.1 cm³/mol. The van der Waals surface area contributed by atoms with Gasteiger partial charge in [0.25, 0.3) is 0 Å². The second-order valence-electron chi connectivity index (χ2n) is 5.38. The molecule has 1 rings (SSSR count). The maximum Gasteiger partial charge on any atom is 0.321 e. The minimum atomic E-state index is -1.38. The summed E-state index contributed by atoms with van der Waals surface area (Å²) >= 11 is 5.55. The zero-order valence-corrected chi connectivity index (χ0v) is 12.2. The molecule has 0 saturated carbocycles. The smallest absolute Gasteiger partial charge is 0.321 e. The molecule has 0 heterocycles. The van der Waals surface area contributed by atoms with Gasteiger partial charge < -0.3 is 9.84 Å². The second kappa shape index (κ2) is 6.22. The SMILES string of the molecule is CC(C)(C)OC(=O)C(Cc1ccc(Cl)c(F)c1)C(=O)O. The highest BCUT2D eigenvalue weighted by Crippen LogP contribution is 2.20. The maximum atomic E-state index is 13.3. The van der Waals surface area contributed by atoms with Gasteiger partial charge in [0, 0.05) is 0 Å². The summed E-state index contributed by atoms with van der Waals surface area (Å²) < 4.78 is 18.4. The lowest BCUT2D eigenvalue weighted by atomic mass is 9.99. The average Bonchev–Trinajstić information content (AvgIpc) is 2.27. The number of hydrogen-bond donors (Lipinski definition) is 1. The molecule has 0 fully saturated rings. The van der Waals surface area contributed by atoms with E-state index in [4.69, 9.17) is 21.4 Å². The van der Waals surface area contributed by atoms with E-state index in [1.807, 2.05) is 0 Å². The van der Waals surface area contributed by atoms with Crippen molar-refractivity contribution in [3.63, 3.8) is 0 Å². The molecule has 20 heavy (non-hydrogen) atoms. The Balaban J connectivity index is 2.90. The van der Waals surface area contributed by atoms with E-state index in [0.717, 1.165) is 6.07 Å². The van der Waals surface area contributed by atoms with Gasteiger partial charge in [-0.1, -0.05) is 17.7 Å². The molecule has 0 aliphatic heterocycles. The summed E-state index contributed by atoms with van der Waals surface area (Å²) in [4.78, 5) is 23.0. The van der Waals surface area contributed by atoms with Crippen LogP contribution in [0.25, 0.3) is 0 Å². The monoisotopic (exact) mass is 302 g/mol. The molecule has 1 aromatic rings.